The van der Waals surface area contributed by atoms with E-state index in [1.165, 1.54) is 0 Å². The Morgan fingerprint density at radius 3 is 2.89 bits per heavy atom. The molecule has 0 saturated heterocycles. The largest absolute Gasteiger partial charge is 0.483 e. The number of hydrogen-bond donors (Lipinski definition) is 1. The van der Waals surface area contributed by atoms with Gasteiger partial charge in [-0.15, -0.1) is 0 Å². The van der Waals surface area contributed by atoms with Crippen LogP contribution >= 0.6 is 0 Å². The molecule has 0 bridgehead atoms. The van der Waals surface area contributed by atoms with Crippen molar-refractivity contribution in [3.05, 3.63) is 41.5 Å². The van der Waals surface area contributed by atoms with Gasteiger partial charge < -0.3 is 15.0 Å². The third kappa shape index (κ3) is 3.54. The summed E-state index contributed by atoms with van der Waals surface area (Å²) in [4.78, 5) is 4.26. The highest BCUT2D eigenvalue weighted by atomic mass is 16.5. The van der Waals surface area contributed by atoms with Gasteiger partial charge in [-0.05, 0) is 19.4 Å². The van der Waals surface area contributed by atoms with Crippen molar-refractivity contribution in [3.63, 3.8) is 0 Å². The molecule has 2 N–H and O–H groups in total. The van der Waals surface area contributed by atoms with Crippen molar-refractivity contribution in [2.75, 3.05) is 0 Å². The van der Waals surface area contributed by atoms with E-state index >= 15 is 0 Å². The Morgan fingerprint density at radius 2 is 2.16 bits per heavy atom. The number of rotatable bonds is 6. The van der Waals surface area contributed by atoms with E-state index in [2.05, 4.69) is 17.1 Å². The highest BCUT2D eigenvalue weighted by molar-refractivity contribution is 5.35. The van der Waals surface area contributed by atoms with Crippen LogP contribution in [0.3, 0.4) is 0 Å². The standard InChI is InChI=1S/C14H19N3O2/c1-3-6-13-16-14(19-17-13)9-18-12-8-5-4-7-11(12)10(2)15/h4-5,7-8,10H,3,6,9,15H2,1-2H3. The monoisotopic (exact) mass is 261 g/mol. The molecule has 0 radical (unpaired) electrons. The van der Waals surface area contributed by atoms with Crippen LogP contribution in [0.25, 0.3) is 0 Å². The van der Waals surface area contributed by atoms with Crippen LogP contribution in [0.5, 0.6) is 5.75 Å². The molecule has 5 nitrogen and oxygen atoms in total. The number of hydrogen-bond acceptors (Lipinski definition) is 5. The van der Waals surface area contributed by atoms with E-state index in [-0.39, 0.29) is 12.6 Å². The van der Waals surface area contributed by atoms with E-state index in [0.717, 1.165) is 30.0 Å². The van der Waals surface area contributed by atoms with Gasteiger partial charge in [-0.1, -0.05) is 30.3 Å². The van der Waals surface area contributed by atoms with Gasteiger partial charge >= 0.3 is 0 Å². The fraction of sp³-hybridized carbons (Fsp3) is 0.429. The Hall–Kier alpha value is -1.88. The Balaban J connectivity index is 2.01. The summed E-state index contributed by atoms with van der Waals surface area (Å²) >= 11 is 0. The van der Waals surface area contributed by atoms with Crippen molar-refractivity contribution in [2.24, 2.45) is 5.73 Å². The first-order valence-corrected chi connectivity index (χ1v) is 6.49. The molecule has 1 aromatic carbocycles. The normalized spacial score (nSPS) is 12.4. The van der Waals surface area contributed by atoms with Crippen LogP contribution in [0.4, 0.5) is 0 Å². The van der Waals surface area contributed by atoms with Crippen molar-refractivity contribution in [2.45, 2.75) is 39.3 Å². The van der Waals surface area contributed by atoms with Crippen LogP contribution in [0.1, 0.15) is 43.6 Å². The van der Waals surface area contributed by atoms with Crippen LogP contribution < -0.4 is 10.5 Å². The average molecular weight is 261 g/mol. The predicted molar refractivity (Wildman–Crippen MR) is 71.7 cm³/mol. The number of nitrogens with zero attached hydrogens (tertiary/aromatic N) is 2. The molecular formula is C14H19N3O2. The maximum atomic E-state index is 5.90. The fourth-order valence-electron chi connectivity index (χ4n) is 1.80. The fourth-order valence-corrected chi connectivity index (χ4v) is 1.80. The Kier molecular flexibility index (Phi) is 4.52. The summed E-state index contributed by atoms with van der Waals surface area (Å²) in [5, 5.41) is 3.88. The molecule has 2 rings (SSSR count). The first kappa shape index (κ1) is 13.5. The number of para-hydroxylation sites is 1. The van der Waals surface area contributed by atoms with Crippen LogP contribution in [0, 0.1) is 0 Å². The molecule has 19 heavy (non-hydrogen) atoms. The minimum absolute atomic E-state index is 0.0745. The van der Waals surface area contributed by atoms with Crippen molar-refractivity contribution in [1.82, 2.24) is 10.1 Å². The number of aryl methyl sites for hydroxylation is 1. The van der Waals surface area contributed by atoms with E-state index in [4.69, 9.17) is 15.0 Å². The lowest BCUT2D eigenvalue weighted by Gasteiger charge is -2.12. The van der Waals surface area contributed by atoms with Crippen LogP contribution in [0.15, 0.2) is 28.8 Å². The highest BCUT2D eigenvalue weighted by Crippen LogP contribution is 2.23. The quantitative estimate of drug-likeness (QED) is 0.865. The van der Waals surface area contributed by atoms with Crippen LogP contribution in [-0.2, 0) is 13.0 Å². The van der Waals surface area contributed by atoms with E-state index in [0.29, 0.717) is 5.89 Å². The smallest absolute Gasteiger partial charge is 0.264 e. The molecule has 1 heterocycles. The molecule has 0 amide bonds. The summed E-state index contributed by atoms with van der Waals surface area (Å²) in [5.41, 5.74) is 6.86. The number of nitrogens with two attached hydrogens (primary N) is 1. The zero-order valence-electron chi connectivity index (χ0n) is 11.3. The molecule has 0 spiro atoms. The molecule has 1 aromatic heterocycles. The van der Waals surface area contributed by atoms with Crippen molar-refractivity contribution < 1.29 is 9.26 Å². The first-order valence-electron chi connectivity index (χ1n) is 6.49. The molecule has 0 aliphatic heterocycles. The average Bonchev–Trinajstić information content (AvgIpc) is 2.85. The zero-order chi connectivity index (χ0) is 13.7. The van der Waals surface area contributed by atoms with Gasteiger partial charge in [-0.3, -0.25) is 0 Å². The molecule has 102 valence electrons. The van der Waals surface area contributed by atoms with E-state index in [1.54, 1.807) is 0 Å². The van der Waals surface area contributed by atoms with Gasteiger partial charge in [0.25, 0.3) is 5.89 Å². The van der Waals surface area contributed by atoms with Gasteiger partial charge in [0.15, 0.2) is 12.4 Å². The van der Waals surface area contributed by atoms with Gasteiger partial charge in [-0.25, -0.2) is 0 Å². The van der Waals surface area contributed by atoms with Gasteiger partial charge in [0, 0.05) is 18.0 Å². The second kappa shape index (κ2) is 6.33. The molecule has 2 aromatic rings. The minimum Gasteiger partial charge on any atom is -0.483 e. The molecule has 1 atom stereocenters. The third-order valence-electron chi connectivity index (χ3n) is 2.74. The molecule has 0 fully saturated rings. The maximum absolute atomic E-state index is 5.90. The van der Waals surface area contributed by atoms with Gasteiger partial charge in [0.05, 0.1) is 0 Å². The lowest BCUT2D eigenvalue weighted by Crippen LogP contribution is -2.08. The van der Waals surface area contributed by atoms with Gasteiger partial charge in [0.1, 0.15) is 5.75 Å². The molecule has 0 aliphatic carbocycles. The van der Waals surface area contributed by atoms with Gasteiger partial charge in [0.2, 0.25) is 0 Å². The van der Waals surface area contributed by atoms with E-state index < -0.39 is 0 Å². The predicted octanol–water partition coefficient (Wildman–Crippen LogP) is 2.62. The maximum Gasteiger partial charge on any atom is 0.264 e. The summed E-state index contributed by atoms with van der Waals surface area (Å²) in [6, 6.07) is 7.63. The third-order valence-corrected chi connectivity index (χ3v) is 2.74. The minimum atomic E-state index is -0.0745. The molecule has 0 aliphatic rings. The Morgan fingerprint density at radius 1 is 1.37 bits per heavy atom. The number of ether oxygens (including phenoxy) is 1. The molecule has 0 saturated carbocycles. The second-order valence-electron chi connectivity index (χ2n) is 4.47. The lowest BCUT2D eigenvalue weighted by molar-refractivity contribution is 0.240. The van der Waals surface area contributed by atoms with Crippen molar-refractivity contribution in [1.29, 1.82) is 0 Å². The second-order valence-corrected chi connectivity index (χ2v) is 4.47. The summed E-state index contributed by atoms with van der Waals surface area (Å²) < 4.78 is 10.8. The number of benzene rings is 1. The van der Waals surface area contributed by atoms with Gasteiger partial charge in [-0.2, -0.15) is 4.98 Å². The van der Waals surface area contributed by atoms with E-state index in [1.807, 2.05) is 31.2 Å². The summed E-state index contributed by atoms with van der Waals surface area (Å²) in [5.74, 6) is 1.97. The zero-order valence-corrected chi connectivity index (χ0v) is 11.3. The van der Waals surface area contributed by atoms with Crippen LogP contribution in [0.2, 0.25) is 0 Å². The molecule has 5 heteroatoms. The summed E-state index contributed by atoms with van der Waals surface area (Å²) in [6.07, 6.45) is 1.81. The summed E-state index contributed by atoms with van der Waals surface area (Å²) in [6.45, 7) is 4.26. The SMILES string of the molecule is CCCc1noc(COc2ccccc2C(C)N)n1. The molecule has 1 unspecified atom stereocenters. The van der Waals surface area contributed by atoms with Crippen molar-refractivity contribution >= 4 is 0 Å². The lowest BCUT2D eigenvalue weighted by atomic mass is 10.1. The van der Waals surface area contributed by atoms with E-state index in [9.17, 15) is 0 Å². The topological polar surface area (TPSA) is 74.2 Å². The first-order chi connectivity index (χ1) is 9.20. The summed E-state index contributed by atoms with van der Waals surface area (Å²) in [7, 11) is 0. The van der Waals surface area contributed by atoms with Crippen molar-refractivity contribution in [3.8, 4) is 5.75 Å². The highest BCUT2D eigenvalue weighted by Gasteiger charge is 2.10. The van der Waals surface area contributed by atoms with Crippen LogP contribution in [-0.4, -0.2) is 10.1 Å². The number of aromatic nitrogens is 2. The Bertz CT molecular complexity index is 523. The molecular weight excluding hydrogens is 242 g/mol. The Labute approximate surface area is 112 Å².